The van der Waals surface area contributed by atoms with Gasteiger partial charge in [0.2, 0.25) is 5.91 Å². The molecule has 0 radical (unpaired) electrons. The summed E-state index contributed by atoms with van der Waals surface area (Å²) in [6.07, 6.45) is 2.32. The van der Waals surface area contributed by atoms with Crippen LogP contribution in [0.4, 0.5) is 0 Å². The summed E-state index contributed by atoms with van der Waals surface area (Å²) in [5.41, 5.74) is 1.09. The minimum absolute atomic E-state index is 0.0674. The van der Waals surface area contributed by atoms with Crippen LogP contribution in [0.25, 0.3) is 0 Å². The van der Waals surface area contributed by atoms with Crippen LogP contribution in [0.2, 0.25) is 0 Å². The van der Waals surface area contributed by atoms with Crippen molar-refractivity contribution in [3.8, 4) is 0 Å². The van der Waals surface area contributed by atoms with E-state index in [4.69, 9.17) is 0 Å². The first kappa shape index (κ1) is 14.4. The Labute approximate surface area is 108 Å². The predicted octanol–water partition coefficient (Wildman–Crippen LogP) is 0.482. The monoisotopic (exact) mass is 248 g/mol. The average Bonchev–Trinajstić information content (AvgIpc) is 2.39. The molecule has 0 spiro atoms. The van der Waals surface area contributed by atoms with Crippen molar-refractivity contribution < 1.29 is 9.90 Å². The lowest BCUT2D eigenvalue weighted by Gasteiger charge is -2.16. The number of carbonyl (C=O) groups is 1. The van der Waals surface area contributed by atoms with Gasteiger partial charge in [0.05, 0.1) is 19.2 Å². The summed E-state index contributed by atoms with van der Waals surface area (Å²) in [5, 5.41) is 15.0. The van der Waals surface area contributed by atoms with E-state index in [1.165, 1.54) is 0 Å². The molecule has 0 fully saturated rings. The number of carbonyl (C=O) groups excluding carboxylic acids is 1. The number of nitrogens with one attached hydrogen (secondary N) is 2. The van der Waals surface area contributed by atoms with Crippen molar-refractivity contribution in [1.29, 1.82) is 0 Å². The fourth-order valence-corrected chi connectivity index (χ4v) is 1.63. The molecule has 1 aromatic rings. The van der Waals surface area contributed by atoms with E-state index >= 15 is 0 Å². The normalized spacial score (nSPS) is 11.8. The Morgan fingerprint density at radius 1 is 1.39 bits per heavy atom. The molecule has 4 heteroatoms. The lowest BCUT2D eigenvalue weighted by molar-refractivity contribution is -0.121. The molecule has 98 valence electrons. The van der Waals surface area contributed by atoms with Crippen LogP contribution in [-0.2, 0) is 11.2 Å². The van der Waals surface area contributed by atoms with Gasteiger partial charge in [0.1, 0.15) is 0 Å². The number of hydrogen-bond donors (Lipinski definition) is 3. The van der Waals surface area contributed by atoms with E-state index < -0.39 is 0 Å². The van der Waals surface area contributed by atoms with Gasteiger partial charge < -0.3 is 15.7 Å². The third-order valence-electron chi connectivity index (χ3n) is 2.48. The molecule has 1 rings (SSSR count). The number of aliphatic hydroxyl groups is 1. The molecule has 18 heavy (non-hydrogen) atoms. The van der Waals surface area contributed by atoms with Crippen molar-refractivity contribution >= 4 is 5.91 Å². The summed E-state index contributed by atoms with van der Waals surface area (Å²) in [7, 11) is 0. The molecule has 0 aromatic heterocycles. The van der Waals surface area contributed by atoms with Gasteiger partial charge in [0.15, 0.2) is 0 Å². The SMILES string of the molecule is C=CCNCC(=O)NC(CO)Cc1ccccc1. The van der Waals surface area contributed by atoms with Crippen molar-refractivity contribution in [1.82, 2.24) is 10.6 Å². The summed E-state index contributed by atoms with van der Waals surface area (Å²) < 4.78 is 0. The summed E-state index contributed by atoms with van der Waals surface area (Å²) in [5.74, 6) is -0.119. The van der Waals surface area contributed by atoms with E-state index in [0.29, 0.717) is 13.0 Å². The zero-order valence-corrected chi connectivity index (χ0v) is 10.4. The van der Waals surface area contributed by atoms with Gasteiger partial charge in [0.25, 0.3) is 0 Å². The summed E-state index contributed by atoms with van der Waals surface area (Å²) in [4.78, 5) is 11.6. The number of amides is 1. The fourth-order valence-electron chi connectivity index (χ4n) is 1.63. The van der Waals surface area contributed by atoms with E-state index in [1.54, 1.807) is 6.08 Å². The molecule has 0 heterocycles. The summed E-state index contributed by atoms with van der Waals surface area (Å²) >= 11 is 0. The highest BCUT2D eigenvalue weighted by Gasteiger charge is 2.11. The first-order valence-electron chi connectivity index (χ1n) is 6.02. The molecule has 1 unspecified atom stereocenters. The van der Waals surface area contributed by atoms with E-state index in [2.05, 4.69) is 17.2 Å². The summed E-state index contributed by atoms with van der Waals surface area (Å²) in [6, 6.07) is 9.53. The first-order valence-corrected chi connectivity index (χ1v) is 6.02. The molecule has 3 N–H and O–H groups in total. The Hall–Kier alpha value is -1.65. The van der Waals surface area contributed by atoms with Gasteiger partial charge in [-0.25, -0.2) is 0 Å². The molecule has 0 aliphatic rings. The van der Waals surface area contributed by atoms with Gasteiger partial charge in [0, 0.05) is 6.54 Å². The van der Waals surface area contributed by atoms with Crippen molar-refractivity contribution in [2.24, 2.45) is 0 Å². The molecule has 0 bridgehead atoms. The molecule has 0 saturated heterocycles. The minimum Gasteiger partial charge on any atom is -0.394 e. The molecule has 1 aromatic carbocycles. The van der Waals surface area contributed by atoms with Crippen LogP contribution in [0.5, 0.6) is 0 Å². The highest BCUT2D eigenvalue weighted by atomic mass is 16.3. The van der Waals surface area contributed by atoms with Gasteiger partial charge in [-0.15, -0.1) is 6.58 Å². The van der Waals surface area contributed by atoms with Gasteiger partial charge in [-0.3, -0.25) is 4.79 Å². The molecular formula is C14H20N2O2. The highest BCUT2D eigenvalue weighted by molar-refractivity contribution is 5.78. The third kappa shape index (κ3) is 5.61. The van der Waals surface area contributed by atoms with E-state index in [9.17, 15) is 9.90 Å². The molecule has 1 atom stereocenters. The van der Waals surface area contributed by atoms with Crippen LogP contribution < -0.4 is 10.6 Å². The standard InChI is InChI=1S/C14H20N2O2/c1-2-8-15-10-14(18)16-13(11-17)9-12-6-4-3-5-7-12/h2-7,13,15,17H,1,8-11H2,(H,16,18). The minimum atomic E-state index is -0.245. The molecule has 1 amide bonds. The maximum atomic E-state index is 11.6. The first-order chi connectivity index (χ1) is 8.76. The van der Waals surface area contributed by atoms with Gasteiger partial charge in [-0.1, -0.05) is 36.4 Å². The van der Waals surface area contributed by atoms with Gasteiger partial charge in [-0.2, -0.15) is 0 Å². The van der Waals surface area contributed by atoms with E-state index in [1.807, 2.05) is 30.3 Å². The van der Waals surface area contributed by atoms with Crippen LogP contribution >= 0.6 is 0 Å². The van der Waals surface area contributed by atoms with Crippen molar-refractivity contribution in [2.45, 2.75) is 12.5 Å². The Kier molecular flexibility index (Phi) is 6.76. The third-order valence-corrected chi connectivity index (χ3v) is 2.48. The van der Waals surface area contributed by atoms with Gasteiger partial charge in [-0.05, 0) is 12.0 Å². The maximum absolute atomic E-state index is 11.6. The van der Waals surface area contributed by atoms with Gasteiger partial charge >= 0.3 is 0 Å². The predicted molar refractivity (Wildman–Crippen MR) is 72.2 cm³/mol. The molecule has 0 saturated carbocycles. The van der Waals surface area contributed by atoms with Crippen LogP contribution in [0.3, 0.4) is 0 Å². The Morgan fingerprint density at radius 2 is 2.11 bits per heavy atom. The lowest BCUT2D eigenvalue weighted by Crippen LogP contribution is -2.43. The molecule has 0 aliphatic heterocycles. The Bertz CT molecular complexity index is 365. The van der Waals surface area contributed by atoms with E-state index in [0.717, 1.165) is 5.56 Å². The Morgan fingerprint density at radius 3 is 2.72 bits per heavy atom. The Balaban J connectivity index is 2.37. The lowest BCUT2D eigenvalue weighted by atomic mass is 10.1. The number of aliphatic hydroxyl groups excluding tert-OH is 1. The number of hydrogen-bond acceptors (Lipinski definition) is 3. The van der Waals surface area contributed by atoms with Crippen LogP contribution in [-0.4, -0.2) is 36.8 Å². The number of rotatable bonds is 8. The second-order valence-corrected chi connectivity index (χ2v) is 4.06. The zero-order valence-electron chi connectivity index (χ0n) is 10.4. The largest absolute Gasteiger partial charge is 0.394 e. The quantitative estimate of drug-likeness (QED) is 0.463. The zero-order chi connectivity index (χ0) is 13.2. The van der Waals surface area contributed by atoms with Crippen LogP contribution in [0.1, 0.15) is 5.56 Å². The molecular weight excluding hydrogens is 228 g/mol. The smallest absolute Gasteiger partial charge is 0.234 e. The average molecular weight is 248 g/mol. The maximum Gasteiger partial charge on any atom is 0.234 e. The topological polar surface area (TPSA) is 61.4 Å². The van der Waals surface area contributed by atoms with Crippen molar-refractivity contribution in [2.75, 3.05) is 19.7 Å². The summed E-state index contributed by atoms with van der Waals surface area (Å²) in [6.45, 7) is 4.32. The second kappa shape index (κ2) is 8.44. The molecule has 0 aliphatic carbocycles. The van der Waals surface area contributed by atoms with E-state index in [-0.39, 0.29) is 25.1 Å². The molecule has 4 nitrogen and oxygen atoms in total. The van der Waals surface area contributed by atoms with Crippen LogP contribution in [0.15, 0.2) is 43.0 Å². The number of benzene rings is 1. The van der Waals surface area contributed by atoms with Crippen molar-refractivity contribution in [3.63, 3.8) is 0 Å². The van der Waals surface area contributed by atoms with Crippen LogP contribution in [0, 0.1) is 0 Å². The van der Waals surface area contributed by atoms with Crippen molar-refractivity contribution in [3.05, 3.63) is 48.6 Å². The second-order valence-electron chi connectivity index (χ2n) is 4.06. The highest BCUT2D eigenvalue weighted by Crippen LogP contribution is 2.02. The fraction of sp³-hybridized carbons (Fsp3) is 0.357.